The highest BCUT2D eigenvalue weighted by Crippen LogP contribution is 2.34. The van der Waals surface area contributed by atoms with Crippen LogP contribution in [0, 0.1) is 5.82 Å². The highest BCUT2D eigenvalue weighted by molar-refractivity contribution is 6.31. The van der Waals surface area contributed by atoms with Gasteiger partial charge in [0.15, 0.2) is 0 Å². The fourth-order valence-electron chi connectivity index (χ4n) is 2.80. The van der Waals surface area contributed by atoms with Crippen LogP contribution in [0.2, 0.25) is 5.02 Å². The van der Waals surface area contributed by atoms with Crippen molar-refractivity contribution in [3.63, 3.8) is 0 Å². The van der Waals surface area contributed by atoms with Gasteiger partial charge in [0, 0.05) is 16.6 Å². The summed E-state index contributed by atoms with van der Waals surface area (Å²) >= 11 is 6.06. The van der Waals surface area contributed by atoms with Crippen molar-refractivity contribution in [1.82, 2.24) is 0 Å². The van der Waals surface area contributed by atoms with Crippen LogP contribution < -0.4 is 10.5 Å². The van der Waals surface area contributed by atoms with Gasteiger partial charge in [0.05, 0.1) is 0 Å². The smallest absolute Gasteiger partial charge is 0.123 e. The minimum absolute atomic E-state index is 0.0788. The Morgan fingerprint density at radius 3 is 3.00 bits per heavy atom. The van der Waals surface area contributed by atoms with E-state index < -0.39 is 0 Å². The second kappa shape index (κ2) is 6.04. The third kappa shape index (κ3) is 3.04. The van der Waals surface area contributed by atoms with Crippen molar-refractivity contribution in [3.8, 4) is 5.75 Å². The van der Waals surface area contributed by atoms with E-state index in [-0.39, 0.29) is 18.5 Å². The van der Waals surface area contributed by atoms with E-state index in [0.717, 1.165) is 30.6 Å². The summed E-state index contributed by atoms with van der Waals surface area (Å²) in [7, 11) is 0. The van der Waals surface area contributed by atoms with Gasteiger partial charge in [-0.15, -0.1) is 0 Å². The maximum atomic E-state index is 13.3. The molecule has 0 fully saturated rings. The van der Waals surface area contributed by atoms with E-state index in [4.69, 9.17) is 22.1 Å². The van der Waals surface area contributed by atoms with Gasteiger partial charge in [-0.3, -0.25) is 0 Å². The average molecular weight is 306 g/mol. The van der Waals surface area contributed by atoms with E-state index >= 15 is 0 Å². The van der Waals surface area contributed by atoms with Gasteiger partial charge < -0.3 is 10.5 Å². The Morgan fingerprint density at radius 1 is 1.29 bits per heavy atom. The van der Waals surface area contributed by atoms with E-state index in [1.807, 2.05) is 12.1 Å². The van der Waals surface area contributed by atoms with Crippen LogP contribution in [-0.2, 0) is 13.0 Å². The monoisotopic (exact) mass is 305 g/mol. The first-order valence-corrected chi connectivity index (χ1v) is 7.47. The lowest BCUT2D eigenvalue weighted by Gasteiger charge is -2.24. The van der Waals surface area contributed by atoms with Crippen molar-refractivity contribution < 1.29 is 9.13 Å². The molecule has 110 valence electrons. The fraction of sp³-hybridized carbons (Fsp3) is 0.294. The van der Waals surface area contributed by atoms with Gasteiger partial charge >= 0.3 is 0 Å². The van der Waals surface area contributed by atoms with Gasteiger partial charge in [-0.25, -0.2) is 4.39 Å². The normalized spacial score (nSPS) is 17.4. The zero-order valence-electron chi connectivity index (χ0n) is 11.6. The molecular weight excluding hydrogens is 289 g/mol. The van der Waals surface area contributed by atoms with Crippen LogP contribution in [-0.4, -0.2) is 0 Å². The molecule has 0 saturated heterocycles. The molecule has 0 saturated carbocycles. The Kier molecular flexibility index (Phi) is 4.13. The molecule has 1 aliphatic carbocycles. The summed E-state index contributed by atoms with van der Waals surface area (Å²) < 4.78 is 19.1. The molecule has 3 rings (SSSR count). The summed E-state index contributed by atoms with van der Waals surface area (Å²) in [6.07, 6.45) is 3.04. The van der Waals surface area contributed by atoms with Crippen LogP contribution in [0.25, 0.3) is 0 Å². The molecule has 1 unspecified atom stereocenters. The molecule has 2 aromatic rings. The molecule has 0 bridgehead atoms. The molecular formula is C17H17ClFNO. The molecule has 21 heavy (non-hydrogen) atoms. The Labute approximate surface area is 128 Å². The van der Waals surface area contributed by atoms with Crippen molar-refractivity contribution in [2.75, 3.05) is 0 Å². The number of ether oxygens (including phenoxy) is 1. The molecule has 2 nitrogen and oxygen atoms in total. The molecule has 0 spiro atoms. The Hall–Kier alpha value is -1.58. The van der Waals surface area contributed by atoms with Crippen LogP contribution in [0.1, 0.15) is 35.6 Å². The van der Waals surface area contributed by atoms with E-state index in [1.54, 1.807) is 6.07 Å². The van der Waals surface area contributed by atoms with Crippen molar-refractivity contribution >= 4 is 11.6 Å². The quantitative estimate of drug-likeness (QED) is 0.912. The van der Waals surface area contributed by atoms with Crippen LogP contribution in [0.3, 0.4) is 0 Å². The fourth-order valence-corrected chi connectivity index (χ4v) is 2.97. The minimum Gasteiger partial charge on any atom is -0.489 e. The molecule has 0 heterocycles. The van der Waals surface area contributed by atoms with Gasteiger partial charge in [0.25, 0.3) is 0 Å². The lowest BCUT2D eigenvalue weighted by atomic mass is 9.87. The molecule has 0 aromatic heterocycles. The standard InChI is InChI=1S/C17H17ClFNO/c18-15-8-7-12(19)9-11(15)10-21-17-6-2-3-13-14(17)4-1-5-16(13)20/h2-3,6-9,16H,1,4-5,10,20H2. The maximum Gasteiger partial charge on any atom is 0.123 e. The largest absolute Gasteiger partial charge is 0.489 e. The first kappa shape index (κ1) is 14.4. The summed E-state index contributed by atoms with van der Waals surface area (Å²) in [6, 6.07) is 10.3. The predicted molar refractivity (Wildman–Crippen MR) is 82.1 cm³/mol. The Balaban J connectivity index is 1.83. The number of hydrogen-bond acceptors (Lipinski definition) is 2. The van der Waals surface area contributed by atoms with Gasteiger partial charge in [-0.2, -0.15) is 0 Å². The number of hydrogen-bond donors (Lipinski definition) is 1. The second-order valence-corrected chi connectivity index (χ2v) is 5.75. The molecule has 0 radical (unpaired) electrons. The molecule has 2 aromatic carbocycles. The highest BCUT2D eigenvalue weighted by Gasteiger charge is 2.20. The minimum atomic E-state index is -0.310. The van der Waals surface area contributed by atoms with E-state index in [2.05, 4.69) is 6.07 Å². The predicted octanol–water partition coefficient (Wildman–Crippen LogP) is 4.39. The molecule has 0 amide bonds. The summed E-state index contributed by atoms with van der Waals surface area (Å²) in [6.45, 7) is 0.252. The lowest BCUT2D eigenvalue weighted by Crippen LogP contribution is -2.18. The number of rotatable bonds is 3. The Bertz CT molecular complexity index is 659. The Morgan fingerprint density at radius 2 is 2.14 bits per heavy atom. The van der Waals surface area contributed by atoms with E-state index in [1.165, 1.54) is 17.7 Å². The molecule has 1 aliphatic rings. The van der Waals surface area contributed by atoms with Crippen LogP contribution in [0.4, 0.5) is 4.39 Å². The van der Waals surface area contributed by atoms with Crippen LogP contribution in [0.15, 0.2) is 36.4 Å². The SMILES string of the molecule is NC1CCCc2c(OCc3cc(F)ccc3Cl)cccc21. The third-order valence-electron chi connectivity index (χ3n) is 3.90. The number of halogens is 2. The molecule has 0 aliphatic heterocycles. The lowest BCUT2D eigenvalue weighted by molar-refractivity contribution is 0.300. The van der Waals surface area contributed by atoms with E-state index in [0.29, 0.717) is 10.6 Å². The van der Waals surface area contributed by atoms with Gasteiger partial charge in [-0.05, 0) is 54.7 Å². The number of nitrogens with two attached hydrogens (primary N) is 1. The zero-order valence-corrected chi connectivity index (χ0v) is 12.4. The summed E-state index contributed by atoms with van der Waals surface area (Å²) in [4.78, 5) is 0. The average Bonchev–Trinajstić information content (AvgIpc) is 2.49. The highest BCUT2D eigenvalue weighted by atomic mass is 35.5. The van der Waals surface area contributed by atoms with Crippen molar-refractivity contribution in [3.05, 3.63) is 63.9 Å². The van der Waals surface area contributed by atoms with Crippen LogP contribution >= 0.6 is 11.6 Å². The van der Waals surface area contributed by atoms with Crippen molar-refractivity contribution in [1.29, 1.82) is 0 Å². The number of fused-ring (bicyclic) bond motifs is 1. The molecule has 2 N–H and O–H groups in total. The molecule has 4 heteroatoms. The summed E-state index contributed by atoms with van der Waals surface area (Å²) in [5.74, 6) is 0.512. The van der Waals surface area contributed by atoms with Gasteiger partial charge in [-0.1, -0.05) is 23.7 Å². The van der Waals surface area contributed by atoms with Crippen molar-refractivity contribution in [2.24, 2.45) is 5.73 Å². The molecule has 1 atom stereocenters. The zero-order chi connectivity index (χ0) is 14.8. The third-order valence-corrected chi connectivity index (χ3v) is 4.27. The topological polar surface area (TPSA) is 35.2 Å². The van der Waals surface area contributed by atoms with E-state index in [9.17, 15) is 4.39 Å². The van der Waals surface area contributed by atoms with Crippen molar-refractivity contribution in [2.45, 2.75) is 31.9 Å². The second-order valence-electron chi connectivity index (χ2n) is 5.35. The van der Waals surface area contributed by atoms with Gasteiger partial charge in [0.1, 0.15) is 18.2 Å². The maximum absolute atomic E-state index is 13.3. The first-order valence-electron chi connectivity index (χ1n) is 7.09. The number of benzene rings is 2. The summed E-state index contributed by atoms with van der Waals surface area (Å²) in [5, 5.41) is 0.512. The van der Waals surface area contributed by atoms with Gasteiger partial charge in [0.2, 0.25) is 0 Å². The summed E-state index contributed by atoms with van der Waals surface area (Å²) in [5.41, 5.74) is 9.11. The first-order chi connectivity index (χ1) is 10.1. The van der Waals surface area contributed by atoms with Crippen LogP contribution in [0.5, 0.6) is 5.75 Å².